The Morgan fingerprint density at radius 1 is 1.07 bits per heavy atom. The third-order valence-corrected chi connectivity index (χ3v) is 5.40. The average Bonchev–Trinajstić information content (AvgIpc) is 3.14. The molecular formula is C23H25FN3O3+. The normalized spacial score (nSPS) is 15.3. The number of amides is 1. The molecule has 1 aliphatic rings. The number of para-hydroxylation sites is 1. The maximum absolute atomic E-state index is 13.4. The summed E-state index contributed by atoms with van der Waals surface area (Å²) in [5.41, 5.74) is 2.85. The van der Waals surface area contributed by atoms with Crippen LogP contribution in [0.3, 0.4) is 0 Å². The van der Waals surface area contributed by atoms with E-state index < -0.39 is 0 Å². The number of nitrogens with zero attached hydrogens (tertiary/aromatic N) is 1. The lowest BCUT2D eigenvalue weighted by atomic mass is 10.0. The molecular weight excluding hydrogens is 385 g/mol. The van der Waals surface area contributed by atoms with Crippen molar-refractivity contribution in [1.29, 1.82) is 0 Å². The zero-order chi connectivity index (χ0) is 21.1. The maximum atomic E-state index is 13.4. The van der Waals surface area contributed by atoms with Crippen molar-refractivity contribution in [2.45, 2.75) is 0 Å². The predicted molar refractivity (Wildman–Crippen MR) is 112 cm³/mol. The number of aromatic amines is 1. The van der Waals surface area contributed by atoms with Crippen molar-refractivity contribution in [1.82, 2.24) is 9.88 Å². The van der Waals surface area contributed by atoms with Gasteiger partial charge in [0.25, 0.3) is 5.91 Å². The number of likely N-dealkylation sites (N-methyl/N-ethyl adjacent to an activating group) is 1. The molecule has 7 heteroatoms. The first-order valence-electron chi connectivity index (χ1n) is 10.1. The van der Waals surface area contributed by atoms with Crippen molar-refractivity contribution in [3.63, 3.8) is 0 Å². The second kappa shape index (κ2) is 8.77. The number of carbonyl (C=O) groups is 2. The Bertz CT molecular complexity index is 1060. The van der Waals surface area contributed by atoms with Crippen LogP contribution in [-0.4, -0.2) is 68.0 Å². The third kappa shape index (κ3) is 4.27. The number of carbonyl (C=O) groups excluding carboxylic acids is 2. The first-order valence-corrected chi connectivity index (χ1v) is 10.1. The van der Waals surface area contributed by atoms with E-state index in [9.17, 15) is 14.0 Å². The Balaban J connectivity index is 1.57. The van der Waals surface area contributed by atoms with Gasteiger partial charge in [0.1, 0.15) is 12.4 Å². The summed E-state index contributed by atoms with van der Waals surface area (Å²) in [6, 6.07) is 13.7. The first-order chi connectivity index (χ1) is 14.5. The van der Waals surface area contributed by atoms with E-state index in [2.05, 4.69) is 4.98 Å². The van der Waals surface area contributed by atoms with Crippen LogP contribution in [0, 0.1) is 5.82 Å². The number of quaternary nitrogens is 1. The van der Waals surface area contributed by atoms with Gasteiger partial charge in [0.2, 0.25) is 5.78 Å². The fourth-order valence-corrected chi connectivity index (χ4v) is 3.87. The predicted octanol–water partition coefficient (Wildman–Crippen LogP) is 1.53. The van der Waals surface area contributed by atoms with Crippen molar-refractivity contribution in [2.75, 3.05) is 46.4 Å². The fourth-order valence-electron chi connectivity index (χ4n) is 3.87. The standard InChI is InChI=1S/C23H24FN3O3/c1-26(15-21(29)27-10-12-30-13-11-27)14-20(28)22-18-4-2-3-5-19(18)25-23(22)16-6-8-17(24)9-7-16/h2-9,25H,10-15H2,1H3/p+1. The van der Waals surface area contributed by atoms with E-state index in [0.717, 1.165) is 21.4 Å². The topological polar surface area (TPSA) is 66.8 Å². The highest BCUT2D eigenvalue weighted by molar-refractivity contribution is 6.13. The molecule has 4 rings (SSSR count). The van der Waals surface area contributed by atoms with E-state index in [-0.39, 0.29) is 30.6 Å². The van der Waals surface area contributed by atoms with Crippen molar-refractivity contribution in [3.8, 4) is 11.3 Å². The van der Waals surface area contributed by atoms with Crippen LogP contribution < -0.4 is 4.90 Å². The summed E-state index contributed by atoms with van der Waals surface area (Å²) >= 11 is 0. The van der Waals surface area contributed by atoms with E-state index in [1.165, 1.54) is 12.1 Å². The van der Waals surface area contributed by atoms with Crippen LogP contribution in [0.5, 0.6) is 0 Å². The maximum Gasteiger partial charge on any atom is 0.277 e. The zero-order valence-corrected chi connectivity index (χ0v) is 16.9. The zero-order valence-electron chi connectivity index (χ0n) is 16.9. The second-order valence-corrected chi connectivity index (χ2v) is 7.65. The molecule has 3 aromatic rings. The summed E-state index contributed by atoms with van der Waals surface area (Å²) in [4.78, 5) is 31.7. The Morgan fingerprint density at radius 3 is 2.50 bits per heavy atom. The molecule has 6 nitrogen and oxygen atoms in total. The first kappa shape index (κ1) is 20.3. The Hall–Kier alpha value is -3.03. The van der Waals surface area contributed by atoms with E-state index in [0.29, 0.717) is 37.6 Å². The smallest absolute Gasteiger partial charge is 0.277 e. The molecule has 1 saturated heterocycles. The Labute approximate surface area is 174 Å². The lowest BCUT2D eigenvalue weighted by Crippen LogP contribution is -3.11. The van der Waals surface area contributed by atoms with Gasteiger partial charge in [-0.2, -0.15) is 0 Å². The van der Waals surface area contributed by atoms with Gasteiger partial charge in [-0.05, 0) is 35.9 Å². The largest absolute Gasteiger partial charge is 0.378 e. The number of fused-ring (bicyclic) bond motifs is 1. The number of hydrogen-bond acceptors (Lipinski definition) is 3. The number of aromatic nitrogens is 1. The molecule has 0 bridgehead atoms. The molecule has 2 aromatic carbocycles. The summed E-state index contributed by atoms with van der Waals surface area (Å²) < 4.78 is 18.7. The highest BCUT2D eigenvalue weighted by atomic mass is 19.1. The number of H-pyrrole nitrogens is 1. The van der Waals surface area contributed by atoms with E-state index >= 15 is 0 Å². The van der Waals surface area contributed by atoms with Crippen LogP contribution >= 0.6 is 0 Å². The SMILES string of the molecule is C[NH+](CC(=O)c1c(-c2ccc(F)cc2)[nH]c2ccccc12)CC(=O)N1CCOCC1. The lowest BCUT2D eigenvalue weighted by Gasteiger charge is -2.27. The molecule has 0 saturated carbocycles. The van der Waals surface area contributed by atoms with Crippen LogP contribution in [0.25, 0.3) is 22.2 Å². The highest BCUT2D eigenvalue weighted by Crippen LogP contribution is 2.30. The Morgan fingerprint density at radius 2 is 1.77 bits per heavy atom. The van der Waals surface area contributed by atoms with Crippen LogP contribution in [0.1, 0.15) is 10.4 Å². The molecule has 1 amide bonds. The van der Waals surface area contributed by atoms with E-state index in [4.69, 9.17) is 4.74 Å². The van der Waals surface area contributed by atoms with Gasteiger partial charge in [-0.15, -0.1) is 0 Å². The summed E-state index contributed by atoms with van der Waals surface area (Å²) in [5, 5.41) is 0.828. The molecule has 2 N–H and O–H groups in total. The molecule has 0 radical (unpaired) electrons. The van der Waals surface area contributed by atoms with Gasteiger partial charge in [-0.25, -0.2) is 4.39 Å². The molecule has 30 heavy (non-hydrogen) atoms. The van der Waals surface area contributed by atoms with Crippen LogP contribution in [0.2, 0.25) is 0 Å². The molecule has 0 spiro atoms. The quantitative estimate of drug-likeness (QED) is 0.606. The number of ketones is 1. The van der Waals surface area contributed by atoms with Crippen molar-refractivity contribution >= 4 is 22.6 Å². The molecule has 156 valence electrons. The van der Waals surface area contributed by atoms with Gasteiger partial charge in [0.05, 0.1) is 31.5 Å². The third-order valence-electron chi connectivity index (χ3n) is 5.40. The molecule has 0 aliphatic carbocycles. The number of Topliss-reactive ketones (excluding diaryl/α,β-unsaturated/α-hetero) is 1. The fraction of sp³-hybridized carbons (Fsp3) is 0.304. The summed E-state index contributed by atoms with van der Waals surface area (Å²) in [7, 11) is 1.85. The minimum Gasteiger partial charge on any atom is -0.378 e. The number of halogens is 1. The minimum atomic E-state index is -0.325. The minimum absolute atomic E-state index is 0.0290. The van der Waals surface area contributed by atoms with Gasteiger partial charge >= 0.3 is 0 Å². The molecule has 1 unspecified atom stereocenters. The molecule has 2 heterocycles. The van der Waals surface area contributed by atoms with E-state index in [1.54, 1.807) is 17.0 Å². The van der Waals surface area contributed by atoms with Crippen LogP contribution in [0.15, 0.2) is 48.5 Å². The molecule has 1 aromatic heterocycles. The van der Waals surface area contributed by atoms with Gasteiger partial charge < -0.3 is 19.5 Å². The van der Waals surface area contributed by atoms with Crippen molar-refractivity contribution in [3.05, 3.63) is 59.9 Å². The monoisotopic (exact) mass is 410 g/mol. The van der Waals surface area contributed by atoms with Crippen molar-refractivity contribution < 1.29 is 23.6 Å². The Kier molecular flexibility index (Phi) is 5.92. The number of ether oxygens (including phenoxy) is 1. The number of morpholine rings is 1. The van der Waals surface area contributed by atoms with Gasteiger partial charge in [-0.1, -0.05) is 18.2 Å². The summed E-state index contributed by atoms with van der Waals surface area (Å²) in [6.07, 6.45) is 0. The second-order valence-electron chi connectivity index (χ2n) is 7.65. The van der Waals surface area contributed by atoms with Gasteiger partial charge in [0, 0.05) is 24.0 Å². The van der Waals surface area contributed by atoms with Gasteiger partial charge in [0.15, 0.2) is 6.54 Å². The summed E-state index contributed by atoms with van der Waals surface area (Å²) in [6.45, 7) is 2.74. The van der Waals surface area contributed by atoms with E-state index in [1.807, 2.05) is 31.3 Å². The number of nitrogens with one attached hydrogen (secondary N) is 2. The number of benzene rings is 2. The molecule has 1 atom stereocenters. The number of rotatable bonds is 6. The highest BCUT2D eigenvalue weighted by Gasteiger charge is 2.25. The molecule has 1 aliphatic heterocycles. The lowest BCUT2D eigenvalue weighted by molar-refractivity contribution is -0.862. The number of hydrogen-bond donors (Lipinski definition) is 2. The van der Waals surface area contributed by atoms with Crippen molar-refractivity contribution in [2.24, 2.45) is 0 Å². The average molecular weight is 410 g/mol. The molecule has 1 fully saturated rings. The van der Waals surface area contributed by atoms with Gasteiger partial charge in [-0.3, -0.25) is 9.59 Å². The van der Waals surface area contributed by atoms with Crippen LogP contribution in [0.4, 0.5) is 4.39 Å². The summed E-state index contributed by atoms with van der Waals surface area (Å²) in [5.74, 6) is -0.353. The van der Waals surface area contributed by atoms with Crippen LogP contribution in [-0.2, 0) is 9.53 Å².